The van der Waals surface area contributed by atoms with Crippen LogP contribution in [-0.2, 0) is 4.74 Å². The van der Waals surface area contributed by atoms with E-state index < -0.39 is 5.97 Å². The third kappa shape index (κ3) is 3.32. The van der Waals surface area contributed by atoms with E-state index in [9.17, 15) is 4.79 Å². The molecule has 0 amide bonds. The predicted molar refractivity (Wildman–Crippen MR) is 70.6 cm³/mol. The maximum absolute atomic E-state index is 11.1. The number of carboxylic acids is 1. The Labute approximate surface area is 113 Å². The highest BCUT2D eigenvalue weighted by molar-refractivity contribution is 14.1. The second-order valence-corrected chi connectivity index (χ2v) is 5.15. The topological polar surface area (TPSA) is 55.8 Å². The molecule has 1 aromatic carbocycles. The quantitative estimate of drug-likeness (QED) is 0.853. The largest absolute Gasteiger partial charge is 0.487 e. The van der Waals surface area contributed by atoms with Gasteiger partial charge >= 0.3 is 5.97 Å². The molecule has 1 saturated heterocycles. The summed E-state index contributed by atoms with van der Waals surface area (Å²) in [5.41, 5.74) is 0.211. The Hall–Kier alpha value is -0.820. The van der Waals surface area contributed by atoms with Gasteiger partial charge in [0.05, 0.1) is 6.61 Å². The highest BCUT2D eigenvalue weighted by atomic mass is 127. The molecule has 1 fully saturated rings. The van der Waals surface area contributed by atoms with Gasteiger partial charge in [-0.05, 0) is 53.6 Å². The van der Waals surface area contributed by atoms with E-state index in [1.165, 1.54) is 0 Å². The van der Waals surface area contributed by atoms with Crippen molar-refractivity contribution >= 4 is 28.6 Å². The first kappa shape index (κ1) is 12.6. The maximum Gasteiger partial charge on any atom is 0.339 e. The Bertz CT molecular complexity index is 413. The van der Waals surface area contributed by atoms with E-state index in [0.717, 1.165) is 23.0 Å². The van der Waals surface area contributed by atoms with Gasteiger partial charge in [-0.1, -0.05) is 0 Å². The molecule has 17 heavy (non-hydrogen) atoms. The second-order valence-electron chi connectivity index (χ2n) is 3.90. The van der Waals surface area contributed by atoms with Gasteiger partial charge in [-0.15, -0.1) is 0 Å². The normalized spacial score (nSPS) is 19.9. The molecule has 0 aromatic heterocycles. The van der Waals surface area contributed by atoms with Crippen LogP contribution in [0.2, 0.25) is 0 Å². The number of hydrogen-bond donors (Lipinski definition) is 1. The van der Waals surface area contributed by atoms with Gasteiger partial charge in [-0.25, -0.2) is 4.79 Å². The molecule has 0 radical (unpaired) electrons. The Kier molecular flexibility index (Phi) is 4.22. The fourth-order valence-corrected chi connectivity index (χ4v) is 2.25. The zero-order valence-electron chi connectivity index (χ0n) is 9.19. The lowest BCUT2D eigenvalue weighted by atomic mass is 10.1. The first-order chi connectivity index (χ1) is 8.16. The lowest BCUT2D eigenvalue weighted by molar-refractivity contribution is 0.00678. The van der Waals surface area contributed by atoms with Crippen molar-refractivity contribution in [2.45, 2.75) is 18.9 Å². The van der Waals surface area contributed by atoms with Gasteiger partial charge in [0.2, 0.25) is 0 Å². The molecule has 0 spiro atoms. The maximum atomic E-state index is 11.1. The molecule has 0 saturated carbocycles. The van der Waals surface area contributed by atoms with Gasteiger partial charge in [0.1, 0.15) is 17.4 Å². The van der Waals surface area contributed by atoms with E-state index in [-0.39, 0.29) is 11.7 Å². The van der Waals surface area contributed by atoms with Gasteiger partial charge in [-0.2, -0.15) is 0 Å². The number of carboxylic acid groups (broad SMARTS) is 1. The summed E-state index contributed by atoms with van der Waals surface area (Å²) in [6, 6.07) is 5.16. The number of carbonyl (C=O) groups is 1. The molecule has 0 aliphatic carbocycles. The van der Waals surface area contributed by atoms with Gasteiger partial charge < -0.3 is 14.6 Å². The lowest BCUT2D eigenvalue weighted by Crippen LogP contribution is -2.28. The van der Waals surface area contributed by atoms with E-state index in [1.54, 1.807) is 12.1 Å². The standard InChI is InChI=1S/C12H13IO4/c13-8-3-4-11(10(6-8)12(14)15)17-9-2-1-5-16-7-9/h3-4,6,9H,1-2,5,7H2,(H,14,15). The highest BCUT2D eigenvalue weighted by Gasteiger charge is 2.19. The number of benzene rings is 1. The summed E-state index contributed by atoms with van der Waals surface area (Å²) in [5.74, 6) is -0.538. The fourth-order valence-electron chi connectivity index (χ4n) is 1.76. The number of ether oxygens (including phenoxy) is 2. The molecule has 1 heterocycles. The molecule has 1 unspecified atom stereocenters. The summed E-state index contributed by atoms with van der Waals surface area (Å²) < 4.78 is 11.9. The van der Waals surface area contributed by atoms with Crippen LogP contribution in [0.4, 0.5) is 0 Å². The summed E-state index contributed by atoms with van der Waals surface area (Å²) in [6.07, 6.45) is 1.82. The van der Waals surface area contributed by atoms with E-state index in [2.05, 4.69) is 22.6 Å². The van der Waals surface area contributed by atoms with Crippen molar-refractivity contribution in [3.05, 3.63) is 27.3 Å². The van der Waals surface area contributed by atoms with Crippen LogP contribution in [0.15, 0.2) is 18.2 Å². The number of hydrogen-bond acceptors (Lipinski definition) is 3. The van der Waals surface area contributed by atoms with Crippen LogP contribution < -0.4 is 4.74 Å². The SMILES string of the molecule is O=C(O)c1cc(I)ccc1OC1CCCOC1. The lowest BCUT2D eigenvalue weighted by Gasteiger charge is -2.24. The molecule has 4 nitrogen and oxygen atoms in total. The summed E-state index contributed by atoms with van der Waals surface area (Å²) in [6.45, 7) is 1.30. The minimum absolute atomic E-state index is 0.0399. The van der Waals surface area contributed by atoms with Crippen molar-refractivity contribution in [1.29, 1.82) is 0 Å². The van der Waals surface area contributed by atoms with Crippen molar-refractivity contribution in [3.8, 4) is 5.75 Å². The molecule has 1 aliphatic heterocycles. The van der Waals surface area contributed by atoms with Crippen molar-refractivity contribution < 1.29 is 19.4 Å². The van der Waals surface area contributed by atoms with Crippen LogP contribution in [0, 0.1) is 3.57 Å². The molecular formula is C12H13IO4. The zero-order valence-corrected chi connectivity index (χ0v) is 11.3. The third-order valence-electron chi connectivity index (χ3n) is 2.58. The van der Waals surface area contributed by atoms with E-state index in [4.69, 9.17) is 14.6 Å². The molecular weight excluding hydrogens is 335 g/mol. The van der Waals surface area contributed by atoms with Crippen molar-refractivity contribution in [2.24, 2.45) is 0 Å². The molecule has 1 aromatic rings. The number of rotatable bonds is 3. The fraction of sp³-hybridized carbons (Fsp3) is 0.417. The van der Waals surface area contributed by atoms with Crippen LogP contribution in [0.25, 0.3) is 0 Å². The molecule has 1 N–H and O–H groups in total. The van der Waals surface area contributed by atoms with Crippen LogP contribution in [0.3, 0.4) is 0 Å². The highest BCUT2D eigenvalue weighted by Crippen LogP contribution is 2.24. The second kappa shape index (κ2) is 5.68. The van der Waals surface area contributed by atoms with Gasteiger partial charge in [0.25, 0.3) is 0 Å². The number of halogens is 1. The van der Waals surface area contributed by atoms with Crippen LogP contribution in [0.5, 0.6) is 5.75 Å². The summed E-state index contributed by atoms with van der Waals surface area (Å²) in [5, 5.41) is 9.10. The zero-order chi connectivity index (χ0) is 12.3. The minimum Gasteiger partial charge on any atom is -0.487 e. The number of aromatic carboxylic acids is 1. The van der Waals surface area contributed by atoms with Gasteiger partial charge in [0, 0.05) is 10.2 Å². The average Bonchev–Trinajstić information content (AvgIpc) is 2.32. The van der Waals surface area contributed by atoms with Crippen molar-refractivity contribution in [1.82, 2.24) is 0 Å². The van der Waals surface area contributed by atoms with Crippen LogP contribution in [-0.4, -0.2) is 30.4 Å². The van der Waals surface area contributed by atoms with E-state index >= 15 is 0 Å². The smallest absolute Gasteiger partial charge is 0.339 e. The Balaban J connectivity index is 2.16. The molecule has 1 aliphatic rings. The third-order valence-corrected chi connectivity index (χ3v) is 3.26. The van der Waals surface area contributed by atoms with E-state index in [0.29, 0.717) is 12.4 Å². The Morgan fingerprint density at radius 2 is 2.35 bits per heavy atom. The Morgan fingerprint density at radius 3 is 3.00 bits per heavy atom. The summed E-state index contributed by atoms with van der Waals surface area (Å²) >= 11 is 2.08. The molecule has 1 atom stereocenters. The molecule has 0 bridgehead atoms. The van der Waals surface area contributed by atoms with Crippen molar-refractivity contribution in [3.63, 3.8) is 0 Å². The predicted octanol–water partition coefficient (Wildman–Crippen LogP) is 2.55. The van der Waals surface area contributed by atoms with Gasteiger partial charge in [-0.3, -0.25) is 0 Å². The van der Waals surface area contributed by atoms with E-state index in [1.807, 2.05) is 6.07 Å². The molecule has 92 valence electrons. The summed E-state index contributed by atoms with van der Waals surface area (Å²) in [4.78, 5) is 11.1. The first-order valence-electron chi connectivity index (χ1n) is 5.44. The van der Waals surface area contributed by atoms with Crippen LogP contribution >= 0.6 is 22.6 Å². The van der Waals surface area contributed by atoms with Crippen molar-refractivity contribution in [2.75, 3.05) is 13.2 Å². The molecule has 2 rings (SSSR count). The van der Waals surface area contributed by atoms with Gasteiger partial charge in [0.15, 0.2) is 0 Å². The Morgan fingerprint density at radius 1 is 1.53 bits per heavy atom. The van der Waals surface area contributed by atoms with Crippen LogP contribution in [0.1, 0.15) is 23.2 Å². The average molecular weight is 348 g/mol. The summed E-state index contributed by atoms with van der Waals surface area (Å²) in [7, 11) is 0. The minimum atomic E-state index is -0.963. The first-order valence-corrected chi connectivity index (χ1v) is 6.52. The monoisotopic (exact) mass is 348 g/mol. The molecule has 5 heteroatoms.